The number of anilines is 1. The second-order valence-electron chi connectivity index (χ2n) is 5.58. The fourth-order valence-electron chi connectivity index (χ4n) is 2.77. The fraction of sp³-hybridized carbons (Fsp3) is 0.533. The van der Waals surface area contributed by atoms with Crippen LogP contribution in [0, 0.1) is 13.8 Å². The molecule has 0 saturated carbocycles. The zero-order chi connectivity index (χ0) is 15.0. The van der Waals surface area contributed by atoms with Gasteiger partial charge in [0, 0.05) is 18.0 Å². The van der Waals surface area contributed by atoms with Crippen molar-refractivity contribution >= 4 is 33.3 Å². The molecule has 1 aliphatic rings. The van der Waals surface area contributed by atoms with Crippen LogP contribution in [-0.4, -0.2) is 39.9 Å². The number of aryl methyl sites for hydroxylation is 2. The zero-order valence-corrected chi connectivity index (χ0v) is 13.5. The molecule has 21 heavy (non-hydrogen) atoms. The summed E-state index contributed by atoms with van der Waals surface area (Å²) in [5.74, 6) is 0.922. The molecule has 1 amide bonds. The van der Waals surface area contributed by atoms with Crippen molar-refractivity contribution in [3.05, 3.63) is 16.8 Å². The highest BCUT2D eigenvalue weighted by molar-refractivity contribution is 7.18. The van der Waals surface area contributed by atoms with Crippen molar-refractivity contribution in [1.82, 2.24) is 14.9 Å². The van der Waals surface area contributed by atoms with Gasteiger partial charge in [0.1, 0.15) is 23.0 Å². The predicted molar refractivity (Wildman–Crippen MR) is 85.8 cm³/mol. The lowest BCUT2D eigenvalue weighted by Crippen LogP contribution is -2.39. The van der Waals surface area contributed by atoms with E-state index in [2.05, 4.69) is 29.1 Å². The molecule has 0 aliphatic carbocycles. The van der Waals surface area contributed by atoms with Crippen molar-refractivity contribution in [3.8, 4) is 0 Å². The Hall–Kier alpha value is -1.69. The summed E-state index contributed by atoms with van der Waals surface area (Å²) in [6, 6.07) is -0.263. The highest BCUT2D eigenvalue weighted by atomic mass is 32.1. The van der Waals surface area contributed by atoms with E-state index in [-0.39, 0.29) is 11.9 Å². The van der Waals surface area contributed by atoms with Gasteiger partial charge in [0.05, 0.1) is 5.39 Å². The van der Waals surface area contributed by atoms with E-state index < -0.39 is 0 Å². The van der Waals surface area contributed by atoms with Crippen LogP contribution in [0.15, 0.2) is 6.33 Å². The van der Waals surface area contributed by atoms with Gasteiger partial charge in [-0.2, -0.15) is 0 Å². The van der Waals surface area contributed by atoms with Gasteiger partial charge >= 0.3 is 0 Å². The van der Waals surface area contributed by atoms with Crippen LogP contribution in [0.4, 0.5) is 5.82 Å². The SMILES string of the molecule is Cc1sc2ncnc(NC(C)C(=O)N3CCCC3)c2c1C. The Kier molecular flexibility index (Phi) is 3.80. The molecule has 1 aliphatic heterocycles. The molecule has 112 valence electrons. The lowest BCUT2D eigenvalue weighted by Gasteiger charge is -2.21. The first-order valence-corrected chi connectivity index (χ1v) is 8.15. The van der Waals surface area contributed by atoms with Gasteiger partial charge in [-0.15, -0.1) is 11.3 Å². The van der Waals surface area contributed by atoms with Gasteiger partial charge in [0.25, 0.3) is 0 Å². The lowest BCUT2D eigenvalue weighted by atomic mass is 10.2. The second-order valence-corrected chi connectivity index (χ2v) is 6.79. The first kappa shape index (κ1) is 14.3. The molecule has 1 unspecified atom stereocenters. The molecule has 3 rings (SSSR count). The highest BCUT2D eigenvalue weighted by Gasteiger charge is 2.24. The van der Waals surface area contributed by atoms with Crippen LogP contribution < -0.4 is 5.32 Å². The van der Waals surface area contributed by atoms with E-state index in [1.54, 1.807) is 17.7 Å². The number of hydrogen-bond acceptors (Lipinski definition) is 5. The Morgan fingerprint density at radius 2 is 2.05 bits per heavy atom. The summed E-state index contributed by atoms with van der Waals surface area (Å²) in [6.07, 6.45) is 3.78. The number of amides is 1. The van der Waals surface area contributed by atoms with Gasteiger partial charge in [-0.3, -0.25) is 4.79 Å². The van der Waals surface area contributed by atoms with Crippen molar-refractivity contribution in [2.45, 2.75) is 39.7 Å². The number of nitrogens with one attached hydrogen (secondary N) is 1. The molecule has 0 spiro atoms. The summed E-state index contributed by atoms with van der Waals surface area (Å²) in [7, 11) is 0. The quantitative estimate of drug-likeness (QED) is 0.947. The van der Waals surface area contributed by atoms with E-state index in [1.807, 2.05) is 11.8 Å². The molecular formula is C15H20N4OS. The number of rotatable bonds is 3. The number of carbonyl (C=O) groups is 1. The van der Waals surface area contributed by atoms with Crippen molar-refractivity contribution < 1.29 is 4.79 Å². The summed E-state index contributed by atoms with van der Waals surface area (Å²) in [6.45, 7) is 7.82. The first-order chi connectivity index (χ1) is 10.1. The summed E-state index contributed by atoms with van der Waals surface area (Å²) >= 11 is 1.67. The summed E-state index contributed by atoms with van der Waals surface area (Å²) in [5.41, 5.74) is 1.19. The fourth-order valence-corrected chi connectivity index (χ4v) is 3.77. The van der Waals surface area contributed by atoms with Crippen LogP contribution in [0.25, 0.3) is 10.2 Å². The number of nitrogens with zero attached hydrogens (tertiary/aromatic N) is 3. The Balaban J connectivity index is 1.85. The van der Waals surface area contributed by atoms with Crippen LogP contribution in [-0.2, 0) is 4.79 Å². The van der Waals surface area contributed by atoms with Gasteiger partial charge < -0.3 is 10.2 Å². The number of hydrogen-bond donors (Lipinski definition) is 1. The van der Waals surface area contributed by atoms with Gasteiger partial charge in [0.15, 0.2) is 0 Å². The smallest absolute Gasteiger partial charge is 0.244 e. The van der Waals surface area contributed by atoms with E-state index >= 15 is 0 Å². The van der Waals surface area contributed by atoms with Gasteiger partial charge in [-0.1, -0.05) is 0 Å². The largest absolute Gasteiger partial charge is 0.358 e. The average molecular weight is 304 g/mol. The number of carbonyl (C=O) groups excluding carboxylic acids is 1. The summed E-state index contributed by atoms with van der Waals surface area (Å²) in [4.78, 5) is 25.2. The molecule has 1 fully saturated rings. The normalized spacial score (nSPS) is 16.4. The molecule has 1 N–H and O–H groups in total. The molecule has 0 bridgehead atoms. The second kappa shape index (κ2) is 5.60. The topological polar surface area (TPSA) is 58.1 Å². The van der Waals surface area contributed by atoms with E-state index in [1.165, 1.54) is 10.4 Å². The molecule has 0 aromatic carbocycles. The molecule has 0 radical (unpaired) electrons. The van der Waals surface area contributed by atoms with Gasteiger partial charge in [0.2, 0.25) is 5.91 Å². The minimum atomic E-state index is -0.263. The van der Waals surface area contributed by atoms with Crippen molar-refractivity contribution in [2.24, 2.45) is 0 Å². The van der Waals surface area contributed by atoms with E-state index in [0.29, 0.717) is 0 Å². The molecular weight excluding hydrogens is 284 g/mol. The number of fused-ring (bicyclic) bond motifs is 1. The van der Waals surface area contributed by atoms with E-state index in [0.717, 1.165) is 42.0 Å². The highest BCUT2D eigenvalue weighted by Crippen LogP contribution is 2.32. The minimum Gasteiger partial charge on any atom is -0.358 e. The lowest BCUT2D eigenvalue weighted by molar-refractivity contribution is -0.130. The number of aromatic nitrogens is 2. The standard InChI is InChI=1S/C15H20N4OS/c1-9-11(3)21-14-12(9)13(16-8-17-14)18-10(2)15(20)19-6-4-5-7-19/h8,10H,4-7H2,1-3H3,(H,16,17,18). The maximum absolute atomic E-state index is 12.4. The maximum Gasteiger partial charge on any atom is 0.244 e. The van der Waals surface area contributed by atoms with E-state index in [9.17, 15) is 4.79 Å². The molecule has 1 atom stereocenters. The monoisotopic (exact) mass is 304 g/mol. The molecule has 3 heterocycles. The van der Waals surface area contributed by atoms with Crippen molar-refractivity contribution in [3.63, 3.8) is 0 Å². The maximum atomic E-state index is 12.4. The molecule has 2 aromatic heterocycles. The number of likely N-dealkylation sites (tertiary alicyclic amines) is 1. The zero-order valence-electron chi connectivity index (χ0n) is 12.6. The van der Waals surface area contributed by atoms with Crippen molar-refractivity contribution in [1.29, 1.82) is 0 Å². The third-order valence-electron chi connectivity index (χ3n) is 4.11. The van der Waals surface area contributed by atoms with Crippen molar-refractivity contribution in [2.75, 3.05) is 18.4 Å². The third kappa shape index (κ3) is 2.60. The van der Waals surface area contributed by atoms with Gasteiger partial charge in [-0.05, 0) is 39.2 Å². The Morgan fingerprint density at radius 1 is 1.33 bits per heavy atom. The Bertz CT molecular complexity index is 676. The van der Waals surface area contributed by atoms with Crippen LogP contribution in [0.2, 0.25) is 0 Å². The molecule has 2 aromatic rings. The number of thiophene rings is 1. The Labute approximate surface area is 128 Å². The van der Waals surface area contributed by atoms with E-state index in [4.69, 9.17) is 0 Å². The predicted octanol–water partition coefficient (Wildman–Crippen LogP) is 2.73. The van der Waals surface area contributed by atoms with Crippen LogP contribution in [0.1, 0.15) is 30.2 Å². The van der Waals surface area contributed by atoms with Crippen LogP contribution >= 0.6 is 11.3 Å². The van der Waals surface area contributed by atoms with Crippen LogP contribution in [0.5, 0.6) is 0 Å². The summed E-state index contributed by atoms with van der Waals surface area (Å²) in [5, 5.41) is 4.32. The van der Waals surface area contributed by atoms with Gasteiger partial charge in [-0.25, -0.2) is 9.97 Å². The summed E-state index contributed by atoms with van der Waals surface area (Å²) < 4.78 is 0. The average Bonchev–Trinajstić information content (AvgIpc) is 3.08. The van der Waals surface area contributed by atoms with Crippen LogP contribution in [0.3, 0.4) is 0 Å². The minimum absolute atomic E-state index is 0.156. The third-order valence-corrected chi connectivity index (χ3v) is 5.22. The molecule has 6 heteroatoms. The molecule has 5 nitrogen and oxygen atoms in total. The molecule has 1 saturated heterocycles. The first-order valence-electron chi connectivity index (χ1n) is 7.34. The Morgan fingerprint density at radius 3 is 2.76 bits per heavy atom.